The van der Waals surface area contributed by atoms with Crippen LogP contribution in [-0.4, -0.2) is 44.9 Å². The molecule has 3 rings (SSSR count). The number of hydrogen-bond acceptors (Lipinski definition) is 6. The van der Waals surface area contributed by atoms with Crippen molar-refractivity contribution in [2.75, 3.05) is 20.2 Å². The number of para-hydroxylation sites is 1. The van der Waals surface area contributed by atoms with Gasteiger partial charge in [0.05, 0.1) is 19.2 Å². The van der Waals surface area contributed by atoms with Crippen LogP contribution in [-0.2, 0) is 6.54 Å². The molecule has 2 heterocycles. The van der Waals surface area contributed by atoms with Gasteiger partial charge in [-0.25, -0.2) is 0 Å². The Balaban J connectivity index is 1.98. The Morgan fingerprint density at radius 2 is 1.95 bits per heavy atom. The molecule has 0 bridgehead atoms. The van der Waals surface area contributed by atoms with Gasteiger partial charge in [0.25, 0.3) is 0 Å². The third-order valence-corrected chi connectivity index (χ3v) is 4.58. The maximum atomic E-state index is 5.42. The highest BCUT2D eigenvalue weighted by Crippen LogP contribution is 2.32. The third-order valence-electron chi connectivity index (χ3n) is 3.65. The molecule has 116 valence electrons. The van der Waals surface area contributed by atoms with Crippen molar-refractivity contribution >= 4 is 16.3 Å². The number of nitrogens with zero attached hydrogens (tertiary/aromatic N) is 5. The summed E-state index contributed by atoms with van der Waals surface area (Å²) >= 11 is 1.52. The van der Waals surface area contributed by atoms with E-state index in [1.165, 1.54) is 11.3 Å². The largest absolute Gasteiger partial charge is 0.496 e. The molecule has 2 aromatic heterocycles. The first-order valence-electron chi connectivity index (χ1n) is 7.33. The second-order valence-corrected chi connectivity index (χ2v) is 5.84. The van der Waals surface area contributed by atoms with Gasteiger partial charge in [-0.1, -0.05) is 37.3 Å². The molecular weight excluding hydrogens is 298 g/mol. The monoisotopic (exact) mass is 317 g/mol. The fraction of sp³-hybridized carbons (Fsp3) is 0.400. The zero-order valence-electron chi connectivity index (χ0n) is 13.0. The Kier molecular flexibility index (Phi) is 4.35. The van der Waals surface area contributed by atoms with E-state index in [1.807, 2.05) is 28.8 Å². The van der Waals surface area contributed by atoms with Crippen LogP contribution in [0.1, 0.15) is 19.7 Å². The molecule has 0 aliphatic carbocycles. The van der Waals surface area contributed by atoms with Crippen LogP contribution in [0.25, 0.3) is 15.5 Å². The minimum atomic E-state index is 0.753. The Hall–Kier alpha value is -1.99. The molecule has 0 aliphatic heterocycles. The van der Waals surface area contributed by atoms with Gasteiger partial charge in [-0.3, -0.25) is 4.90 Å². The van der Waals surface area contributed by atoms with E-state index in [0.29, 0.717) is 0 Å². The molecule has 0 N–H and O–H groups in total. The molecule has 22 heavy (non-hydrogen) atoms. The van der Waals surface area contributed by atoms with Crippen LogP contribution in [0.2, 0.25) is 0 Å². The number of methoxy groups -OCH3 is 1. The lowest BCUT2D eigenvalue weighted by molar-refractivity contribution is 0.286. The van der Waals surface area contributed by atoms with E-state index >= 15 is 0 Å². The molecule has 0 amide bonds. The lowest BCUT2D eigenvalue weighted by Crippen LogP contribution is -2.23. The molecule has 0 saturated heterocycles. The Morgan fingerprint density at radius 3 is 2.68 bits per heavy atom. The van der Waals surface area contributed by atoms with Crippen LogP contribution in [0.4, 0.5) is 0 Å². The highest BCUT2D eigenvalue weighted by Gasteiger charge is 2.16. The average Bonchev–Trinajstić information content (AvgIpc) is 3.13. The van der Waals surface area contributed by atoms with Crippen molar-refractivity contribution in [2.45, 2.75) is 20.4 Å². The van der Waals surface area contributed by atoms with Crippen LogP contribution in [0, 0.1) is 0 Å². The molecule has 0 radical (unpaired) electrons. The van der Waals surface area contributed by atoms with E-state index in [1.54, 1.807) is 7.11 Å². The molecule has 3 aromatic rings. The minimum absolute atomic E-state index is 0.753. The third kappa shape index (κ3) is 2.69. The standard InChI is InChI=1S/C15H19N5OS/c1-4-19(5-2)10-13-16-17-15-20(13)18-14(22-15)11-8-6-7-9-12(11)21-3/h6-9H,4-5,10H2,1-3H3. The second kappa shape index (κ2) is 6.41. The van der Waals surface area contributed by atoms with Crippen molar-refractivity contribution in [3.63, 3.8) is 0 Å². The summed E-state index contributed by atoms with van der Waals surface area (Å²) in [6.07, 6.45) is 0. The Bertz CT molecular complexity index is 762. The highest BCUT2D eigenvalue weighted by atomic mass is 32.1. The number of hydrogen-bond donors (Lipinski definition) is 0. The van der Waals surface area contributed by atoms with Gasteiger partial charge in [-0.15, -0.1) is 10.2 Å². The van der Waals surface area contributed by atoms with E-state index < -0.39 is 0 Å². The van der Waals surface area contributed by atoms with Gasteiger partial charge in [0.2, 0.25) is 4.96 Å². The predicted octanol–water partition coefficient (Wildman–Crippen LogP) is 2.70. The fourth-order valence-corrected chi connectivity index (χ4v) is 3.22. The number of ether oxygens (including phenoxy) is 1. The Morgan fingerprint density at radius 1 is 1.18 bits per heavy atom. The van der Waals surface area contributed by atoms with Crippen molar-refractivity contribution in [1.82, 2.24) is 24.7 Å². The topological polar surface area (TPSA) is 55.5 Å². The molecule has 0 unspecified atom stereocenters. The SMILES string of the molecule is CCN(CC)Cc1nnc2sc(-c3ccccc3OC)nn12. The number of fused-ring (bicyclic) bond motifs is 1. The molecule has 0 saturated carbocycles. The van der Waals surface area contributed by atoms with E-state index in [4.69, 9.17) is 4.74 Å². The van der Waals surface area contributed by atoms with E-state index in [9.17, 15) is 0 Å². The summed E-state index contributed by atoms with van der Waals surface area (Å²) in [5, 5.41) is 14.1. The zero-order chi connectivity index (χ0) is 15.5. The van der Waals surface area contributed by atoms with Crippen molar-refractivity contribution in [1.29, 1.82) is 0 Å². The smallest absolute Gasteiger partial charge is 0.235 e. The Labute approximate surface area is 133 Å². The minimum Gasteiger partial charge on any atom is -0.496 e. The van der Waals surface area contributed by atoms with Crippen molar-refractivity contribution in [3.05, 3.63) is 30.1 Å². The van der Waals surface area contributed by atoms with Crippen LogP contribution >= 0.6 is 11.3 Å². The normalized spacial score (nSPS) is 11.5. The van der Waals surface area contributed by atoms with E-state index in [-0.39, 0.29) is 0 Å². The zero-order valence-corrected chi connectivity index (χ0v) is 13.8. The lowest BCUT2D eigenvalue weighted by atomic mass is 10.2. The average molecular weight is 317 g/mol. The van der Waals surface area contributed by atoms with Gasteiger partial charge >= 0.3 is 0 Å². The summed E-state index contributed by atoms with van der Waals surface area (Å²) in [4.78, 5) is 3.10. The first-order chi connectivity index (χ1) is 10.8. The maximum Gasteiger partial charge on any atom is 0.235 e. The molecule has 1 aromatic carbocycles. The predicted molar refractivity (Wildman–Crippen MR) is 87.3 cm³/mol. The van der Waals surface area contributed by atoms with Gasteiger partial charge in [0.1, 0.15) is 5.75 Å². The molecule has 0 aliphatic rings. The molecule has 0 spiro atoms. The lowest BCUT2D eigenvalue weighted by Gasteiger charge is -2.15. The first-order valence-corrected chi connectivity index (χ1v) is 8.15. The van der Waals surface area contributed by atoms with Gasteiger partial charge in [-0.05, 0) is 25.2 Å². The maximum absolute atomic E-state index is 5.42. The molecule has 6 nitrogen and oxygen atoms in total. The summed E-state index contributed by atoms with van der Waals surface area (Å²) in [7, 11) is 1.67. The van der Waals surface area contributed by atoms with E-state index in [0.717, 1.165) is 46.7 Å². The van der Waals surface area contributed by atoms with Gasteiger partial charge in [0.15, 0.2) is 10.8 Å². The highest BCUT2D eigenvalue weighted by molar-refractivity contribution is 7.19. The second-order valence-electron chi connectivity index (χ2n) is 4.88. The summed E-state index contributed by atoms with van der Waals surface area (Å²) in [5.74, 6) is 1.69. The van der Waals surface area contributed by atoms with Crippen LogP contribution in [0.15, 0.2) is 24.3 Å². The van der Waals surface area contributed by atoms with Gasteiger partial charge < -0.3 is 4.74 Å². The molecule has 0 atom stereocenters. The summed E-state index contributed by atoms with van der Waals surface area (Å²) in [6.45, 7) is 7.00. The number of benzene rings is 1. The van der Waals surface area contributed by atoms with Crippen molar-refractivity contribution in [2.24, 2.45) is 0 Å². The van der Waals surface area contributed by atoms with Crippen molar-refractivity contribution in [3.8, 4) is 16.3 Å². The van der Waals surface area contributed by atoms with Crippen LogP contribution in [0.3, 0.4) is 0 Å². The van der Waals surface area contributed by atoms with E-state index in [2.05, 4.69) is 34.0 Å². The number of rotatable bonds is 6. The van der Waals surface area contributed by atoms with Crippen molar-refractivity contribution < 1.29 is 4.74 Å². The van der Waals surface area contributed by atoms with Gasteiger partial charge in [0, 0.05) is 0 Å². The molecular formula is C15H19N5OS. The van der Waals surface area contributed by atoms with Crippen LogP contribution < -0.4 is 4.74 Å². The fourth-order valence-electron chi connectivity index (χ4n) is 2.33. The summed E-state index contributed by atoms with van der Waals surface area (Å²) < 4.78 is 7.25. The van der Waals surface area contributed by atoms with Crippen LogP contribution in [0.5, 0.6) is 5.75 Å². The quantitative estimate of drug-likeness (QED) is 0.699. The first kappa shape index (κ1) is 14.9. The summed E-state index contributed by atoms with van der Waals surface area (Å²) in [5.41, 5.74) is 0.981. The van der Waals surface area contributed by atoms with Gasteiger partial charge in [-0.2, -0.15) is 9.61 Å². The molecule has 0 fully saturated rings. The molecule has 7 heteroatoms. The summed E-state index contributed by atoms with van der Waals surface area (Å²) in [6, 6.07) is 7.88. The number of aromatic nitrogens is 4.